The molecule has 0 heterocycles. The first kappa shape index (κ1) is 18.8. The molecule has 0 unspecified atom stereocenters. The summed E-state index contributed by atoms with van der Waals surface area (Å²) >= 11 is 0. The van der Waals surface area contributed by atoms with E-state index in [1.807, 2.05) is 30.3 Å². The number of methoxy groups -OCH3 is 2. The zero-order valence-electron chi connectivity index (χ0n) is 12.7. The number of nitrogens with one attached hydrogen (secondary N) is 1. The minimum Gasteiger partial charge on any atom is -0.493 e. The molecule has 0 aliphatic rings. The molecule has 0 saturated carbocycles. The number of ether oxygens (including phenoxy) is 3. The molecule has 0 aliphatic carbocycles. The second-order valence-corrected chi connectivity index (χ2v) is 4.43. The fourth-order valence-corrected chi connectivity index (χ4v) is 2.00. The first-order valence-corrected chi connectivity index (χ1v) is 6.62. The summed E-state index contributed by atoms with van der Waals surface area (Å²) in [6.07, 6.45) is 0. The number of rotatable bonds is 7. The molecular weight excluding hydrogens is 328 g/mol. The van der Waals surface area contributed by atoms with Crippen LogP contribution in [0.1, 0.15) is 5.56 Å². The van der Waals surface area contributed by atoms with Gasteiger partial charge >= 0.3 is 6.61 Å². The van der Waals surface area contributed by atoms with Crippen molar-refractivity contribution in [3.63, 3.8) is 0 Å². The molecule has 2 aromatic rings. The molecule has 0 aliphatic heterocycles. The zero-order valence-corrected chi connectivity index (χ0v) is 13.5. The highest BCUT2D eigenvalue weighted by atomic mass is 35.5. The lowest BCUT2D eigenvalue weighted by molar-refractivity contribution is -0.0526. The molecule has 1 N–H and O–H groups in total. The van der Waals surface area contributed by atoms with Crippen molar-refractivity contribution in [3.05, 3.63) is 48.0 Å². The maximum absolute atomic E-state index is 12.5. The Morgan fingerprint density at radius 2 is 1.57 bits per heavy atom. The summed E-state index contributed by atoms with van der Waals surface area (Å²) in [5, 5.41) is 3.22. The zero-order chi connectivity index (χ0) is 15.9. The molecule has 0 aromatic heterocycles. The fraction of sp³-hybridized carbons (Fsp3) is 0.250. The number of alkyl halides is 2. The first-order valence-electron chi connectivity index (χ1n) is 6.62. The lowest BCUT2D eigenvalue weighted by Gasteiger charge is -2.16. The largest absolute Gasteiger partial charge is 0.493 e. The van der Waals surface area contributed by atoms with Crippen molar-refractivity contribution in [2.45, 2.75) is 13.2 Å². The highest BCUT2D eigenvalue weighted by Gasteiger charge is 2.18. The monoisotopic (exact) mass is 345 g/mol. The van der Waals surface area contributed by atoms with Crippen molar-refractivity contribution in [3.8, 4) is 17.2 Å². The number of hydrogen-bond acceptors (Lipinski definition) is 4. The van der Waals surface area contributed by atoms with Crippen LogP contribution in [0.4, 0.5) is 14.5 Å². The van der Waals surface area contributed by atoms with Gasteiger partial charge in [-0.2, -0.15) is 8.78 Å². The molecule has 0 saturated heterocycles. The third-order valence-electron chi connectivity index (χ3n) is 3.00. The summed E-state index contributed by atoms with van der Waals surface area (Å²) in [6, 6.07) is 12.9. The van der Waals surface area contributed by atoms with E-state index in [0.29, 0.717) is 6.54 Å². The van der Waals surface area contributed by atoms with Gasteiger partial charge in [0.2, 0.25) is 5.75 Å². The molecule has 0 amide bonds. The summed E-state index contributed by atoms with van der Waals surface area (Å²) < 4.78 is 39.7. The van der Waals surface area contributed by atoms with Crippen LogP contribution in [0.5, 0.6) is 17.2 Å². The second-order valence-electron chi connectivity index (χ2n) is 4.43. The van der Waals surface area contributed by atoms with Gasteiger partial charge in [-0.3, -0.25) is 0 Å². The van der Waals surface area contributed by atoms with Gasteiger partial charge in [0.25, 0.3) is 0 Å². The smallest absolute Gasteiger partial charge is 0.387 e. The number of benzene rings is 2. The van der Waals surface area contributed by atoms with Gasteiger partial charge in [-0.1, -0.05) is 18.2 Å². The second kappa shape index (κ2) is 9.05. The number of anilines is 1. The molecule has 4 nitrogen and oxygen atoms in total. The van der Waals surface area contributed by atoms with Gasteiger partial charge in [0.1, 0.15) is 0 Å². The van der Waals surface area contributed by atoms with Crippen molar-refractivity contribution < 1.29 is 23.0 Å². The molecule has 0 fully saturated rings. The predicted octanol–water partition coefficient (Wildman–Crippen LogP) is 4.34. The Morgan fingerprint density at radius 3 is 2.04 bits per heavy atom. The van der Waals surface area contributed by atoms with E-state index < -0.39 is 6.61 Å². The van der Waals surface area contributed by atoms with E-state index in [-0.39, 0.29) is 29.7 Å². The third-order valence-corrected chi connectivity index (χ3v) is 3.00. The molecule has 2 rings (SSSR count). The van der Waals surface area contributed by atoms with E-state index in [9.17, 15) is 8.78 Å². The molecule has 0 radical (unpaired) electrons. The average molecular weight is 346 g/mol. The van der Waals surface area contributed by atoms with Crippen molar-refractivity contribution in [2.75, 3.05) is 19.5 Å². The van der Waals surface area contributed by atoms with Crippen LogP contribution in [-0.2, 0) is 6.54 Å². The topological polar surface area (TPSA) is 39.7 Å². The van der Waals surface area contributed by atoms with Gasteiger partial charge in [-0.25, -0.2) is 0 Å². The maximum Gasteiger partial charge on any atom is 0.387 e. The quantitative estimate of drug-likeness (QED) is 0.810. The molecule has 126 valence electrons. The van der Waals surface area contributed by atoms with Gasteiger partial charge in [0.15, 0.2) is 11.5 Å². The molecule has 0 bridgehead atoms. The van der Waals surface area contributed by atoms with Crippen molar-refractivity contribution in [1.82, 2.24) is 0 Å². The minimum atomic E-state index is -2.95. The maximum atomic E-state index is 12.5. The van der Waals surface area contributed by atoms with E-state index >= 15 is 0 Å². The lowest BCUT2D eigenvalue weighted by atomic mass is 10.1. The third kappa shape index (κ3) is 5.17. The van der Waals surface area contributed by atoms with Crippen LogP contribution in [0.25, 0.3) is 0 Å². The van der Waals surface area contributed by atoms with Crippen LogP contribution in [0, 0.1) is 0 Å². The van der Waals surface area contributed by atoms with E-state index in [4.69, 9.17) is 9.47 Å². The Morgan fingerprint density at radius 1 is 1.00 bits per heavy atom. The molecule has 0 spiro atoms. The van der Waals surface area contributed by atoms with Gasteiger partial charge in [0, 0.05) is 12.2 Å². The molecule has 23 heavy (non-hydrogen) atoms. The van der Waals surface area contributed by atoms with Crippen LogP contribution in [0.15, 0.2) is 42.5 Å². The predicted molar refractivity (Wildman–Crippen MR) is 87.2 cm³/mol. The SMILES string of the molecule is COc1cc(CNc2ccccc2)cc(OC)c1OC(F)F.Cl. The van der Waals surface area contributed by atoms with Crippen LogP contribution >= 0.6 is 12.4 Å². The average Bonchev–Trinajstić information content (AvgIpc) is 2.54. The lowest BCUT2D eigenvalue weighted by Crippen LogP contribution is -2.07. The van der Waals surface area contributed by atoms with Crippen LogP contribution in [0.3, 0.4) is 0 Å². The first-order chi connectivity index (χ1) is 10.6. The van der Waals surface area contributed by atoms with Crippen LogP contribution in [0.2, 0.25) is 0 Å². The Labute approximate surface area is 139 Å². The van der Waals surface area contributed by atoms with Crippen molar-refractivity contribution >= 4 is 18.1 Å². The Balaban J connectivity index is 0.00000264. The Bertz CT molecular complexity index is 587. The highest BCUT2D eigenvalue weighted by Crippen LogP contribution is 2.39. The fourth-order valence-electron chi connectivity index (χ4n) is 2.00. The molecule has 7 heteroatoms. The summed E-state index contributed by atoms with van der Waals surface area (Å²) in [4.78, 5) is 0. The summed E-state index contributed by atoms with van der Waals surface area (Å²) in [5.41, 5.74) is 1.77. The normalized spacial score (nSPS) is 9.96. The Kier molecular flexibility index (Phi) is 7.41. The van der Waals surface area contributed by atoms with Crippen molar-refractivity contribution in [1.29, 1.82) is 0 Å². The van der Waals surface area contributed by atoms with E-state index in [0.717, 1.165) is 11.3 Å². The minimum absolute atomic E-state index is 0. The molecule has 0 atom stereocenters. The van der Waals surface area contributed by atoms with Gasteiger partial charge in [-0.05, 0) is 29.8 Å². The van der Waals surface area contributed by atoms with Gasteiger partial charge in [-0.15, -0.1) is 12.4 Å². The Hall–Kier alpha value is -2.21. The van der Waals surface area contributed by atoms with Crippen molar-refractivity contribution in [2.24, 2.45) is 0 Å². The van der Waals surface area contributed by atoms with Gasteiger partial charge in [0.05, 0.1) is 14.2 Å². The number of halogens is 3. The van der Waals surface area contributed by atoms with E-state index in [1.165, 1.54) is 14.2 Å². The van der Waals surface area contributed by atoms with Gasteiger partial charge < -0.3 is 19.5 Å². The molecular formula is C16H18ClF2NO3. The standard InChI is InChI=1S/C16H17F2NO3.ClH/c1-20-13-8-11(10-19-12-6-4-3-5-7-12)9-14(21-2)15(13)22-16(17)18;/h3-9,16,19H,10H2,1-2H3;1H. The summed E-state index contributed by atoms with van der Waals surface area (Å²) in [7, 11) is 2.78. The van der Waals surface area contributed by atoms with Crippen LogP contribution in [-0.4, -0.2) is 20.8 Å². The number of para-hydroxylation sites is 1. The van der Waals surface area contributed by atoms with Crippen LogP contribution < -0.4 is 19.5 Å². The molecule has 2 aromatic carbocycles. The summed E-state index contributed by atoms with van der Waals surface area (Å²) in [5.74, 6) is 0.289. The highest BCUT2D eigenvalue weighted by molar-refractivity contribution is 5.85. The number of hydrogen-bond donors (Lipinski definition) is 1. The summed E-state index contributed by atoms with van der Waals surface area (Å²) in [6.45, 7) is -2.46. The van der Waals surface area contributed by atoms with E-state index in [1.54, 1.807) is 12.1 Å². The van der Waals surface area contributed by atoms with E-state index in [2.05, 4.69) is 10.1 Å².